The van der Waals surface area contributed by atoms with Gasteiger partial charge in [0.15, 0.2) is 16.7 Å². The van der Waals surface area contributed by atoms with Crippen LogP contribution >= 0.6 is 11.8 Å². The number of nitrogens with zero attached hydrogens (tertiary/aromatic N) is 3. The number of thioether (sulfide) groups is 1. The van der Waals surface area contributed by atoms with Gasteiger partial charge in [0, 0.05) is 6.42 Å². The number of rotatable bonds is 8. The molecule has 1 N–H and O–H groups in total. The summed E-state index contributed by atoms with van der Waals surface area (Å²) < 4.78 is 29.2. The minimum atomic E-state index is -0.837. The molecule has 3 aromatic carbocycles. The molecule has 3 aromatic rings. The normalized spacial score (nSPS) is 17.0. The first-order chi connectivity index (χ1) is 18.8. The lowest BCUT2D eigenvalue weighted by Gasteiger charge is -2.17. The van der Waals surface area contributed by atoms with Crippen molar-refractivity contribution in [3.05, 3.63) is 82.2 Å². The van der Waals surface area contributed by atoms with Crippen LogP contribution in [0.25, 0.3) is 0 Å². The average molecular weight is 553 g/mol. The Bertz CT molecular complexity index is 1480. The van der Waals surface area contributed by atoms with Crippen molar-refractivity contribution in [2.45, 2.75) is 18.2 Å². The van der Waals surface area contributed by atoms with Crippen LogP contribution in [0, 0.1) is 15.9 Å². The number of nitro groups is 1. The molecule has 13 heteroatoms. The minimum absolute atomic E-state index is 0.0151. The molecule has 2 amide bonds. The average Bonchev–Trinajstić information content (AvgIpc) is 3.50. The maximum Gasteiger partial charge on any atom is 0.296 e. The molecule has 0 spiro atoms. The first-order valence-corrected chi connectivity index (χ1v) is 12.5. The van der Waals surface area contributed by atoms with Crippen LogP contribution in [-0.2, 0) is 16.1 Å². The smallest absolute Gasteiger partial charge is 0.296 e. The number of hydrogen-bond donors (Lipinski definition) is 1. The van der Waals surface area contributed by atoms with Crippen LogP contribution in [0.15, 0.2) is 65.7 Å². The molecule has 5 rings (SSSR count). The number of carbonyl (C=O) groups is 2. The van der Waals surface area contributed by atoms with Gasteiger partial charge in [-0.3, -0.25) is 24.6 Å². The third-order valence-electron chi connectivity index (χ3n) is 5.90. The van der Waals surface area contributed by atoms with E-state index in [0.717, 1.165) is 17.3 Å². The van der Waals surface area contributed by atoms with Crippen molar-refractivity contribution in [1.29, 1.82) is 0 Å². The van der Waals surface area contributed by atoms with E-state index in [4.69, 9.17) is 14.2 Å². The van der Waals surface area contributed by atoms with E-state index in [1.165, 1.54) is 54.5 Å². The summed E-state index contributed by atoms with van der Waals surface area (Å²) >= 11 is 1.09. The number of anilines is 1. The largest absolute Gasteiger partial charge is 0.496 e. The topological polar surface area (TPSA) is 133 Å². The van der Waals surface area contributed by atoms with E-state index >= 15 is 0 Å². The first-order valence-electron chi connectivity index (χ1n) is 11.6. The van der Waals surface area contributed by atoms with Crippen LogP contribution in [0.3, 0.4) is 0 Å². The summed E-state index contributed by atoms with van der Waals surface area (Å²) in [5.41, 5.74) is 0.829. The summed E-state index contributed by atoms with van der Waals surface area (Å²) in [5, 5.41) is 13.5. The molecule has 2 aliphatic heterocycles. The molecule has 2 aliphatic rings. The van der Waals surface area contributed by atoms with Gasteiger partial charge < -0.3 is 19.5 Å². The Morgan fingerprint density at radius 3 is 2.69 bits per heavy atom. The van der Waals surface area contributed by atoms with Gasteiger partial charge in [-0.05, 0) is 54.1 Å². The second kappa shape index (κ2) is 11.0. The molecule has 0 radical (unpaired) electrons. The second-order valence-corrected chi connectivity index (χ2v) is 9.65. The highest BCUT2D eigenvalue weighted by molar-refractivity contribution is 8.15. The number of hydrogen-bond acceptors (Lipinski definition) is 9. The minimum Gasteiger partial charge on any atom is -0.496 e. The Balaban J connectivity index is 1.37. The van der Waals surface area contributed by atoms with Gasteiger partial charge in [-0.2, -0.15) is 0 Å². The van der Waals surface area contributed by atoms with E-state index in [0.29, 0.717) is 22.4 Å². The molecule has 0 unspecified atom stereocenters. The van der Waals surface area contributed by atoms with E-state index in [1.807, 2.05) is 0 Å². The number of nitrogens with one attached hydrogen (secondary N) is 1. The lowest BCUT2D eigenvalue weighted by atomic mass is 10.1. The standard InChI is InChI=1S/C26H21FN4O7S/c1-36-18-7-8-19(20(11-18)31(34)35)29-24(32)12-23-25(33)30(13-15-2-9-21-22(10-15)38-14-37-21)26(39-23)28-17-5-3-16(27)4-6-17/h2-11,23H,12-14H2,1H3,(H,29,32)/t23-/m0/s1. The van der Waals surface area contributed by atoms with Crippen molar-refractivity contribution < 1.29 is 33.1 Å². The first kappa shape index (κ1) is 26.0. The number of ether oxygens (including phenoxy) is 3. The van der Waals surface area contributed by atoms with Crippen LogP contribution in [0.5, 0.6) is 17.2 Å². The Kier molecular flexibility index (Phi) is 7.32. The summed E-state index contributed by atoms with van der Waals surface area (Å²) in [6, 6.07) is 14.8. The number of benzene rings is 3. The highest BCUT2D eigenvalue weighted by Crippen LogP contribution is 2.37. The van der Waals surface area contributed by atoms with Crippen molar-refractivity contribution in [2.24, 2.45) is 4.99 Å². The Morgan fingerprint density at radius 2 is 1.95 bits per heavy atom. The van der Waals surface area contributed by atoms with Gasteiger partial charge >= 0.3 is 0 Å². The predicted molar refractivity (Wildman–Crippen MR) is 141 cm³/mol. The highest BCUT2D eigenvalue weighted by Gasteiger charge is 2.39. The molecule has 0 aliphatic carbocycles. The van der Waals surface area contributed by atoms with Crippen molar-refractivity contribution in [3.8, 4) is 17.2 Å². The third-order valence-corrected chi connectivity index (χ3v) is 7.07. The zero-order valence-corrected chi connectivity index (χ0v) is 21.3. The molecular weight excluding hydrogens is 531 g/mol. The number of amidine groups is 1. The van der Waals surface area contributed by atoms with Gasteiger partial charge in [-0.25, -0.2) is 9.38 Å². The Hall–Kier alpha value is -4.65. The van der Waals surface area contributed by atoms with Gasteiger partial charge in [0.2, 0.25) is 18.6 Å². The summed E-state index contributed by atoms with van der Waals surface area (Å²) in [6.45, 7) is 0.253. The van der Waals surface area contributed by atoms with Crippen molar-refractivity contribution in [1.82, 2.24) is 4.90 Å². The van der Waals surface area contributed by atoms with E-state index < -0.39 is 21.9 Å². The number of fused-ring (bicyclic) bond motifs is 1. The molecule has 200 valence electrons. The van der Waals surface area contributed by atoms with Crippen molar-refractivity contribution in [2.75, 3.05) is 19.2 Å². The van der Waals surface area contributed by atoms with Gasteiger partial charge in [0.25, 0.3) is 5.69 Å². The van der Waals surface area contributed by atoms with Crippen molar-refractivity contribution in [3.63, 3.8) is 0 Å². The maximum atomic E-state index is 13.4. The molecular formula is C26H21FN4O7S. The van der Waals surface area contributed by atoms with E-state index in [2.05, 4.69) is 10.3 Å². The maximum absolute atomic E-state index is 13.4. The monoisotopic (exact) mass is 552 g/mol. The van der Waals surface area contributed by atoms with Crippen LogP contribution < -0.4 is 19.5 Å². The fourth-order valence-corrected chi connectivity index (χ4v) is 5.14. The predicted octanol–water partition coefficient (Wildman–Crippen LogP) is 4.63. The molecule has 0 aromatic heterocycles. The summed E-state index contributed by atoms with van der Waals surface area (Å²) in [6.07, 6.45) is -0.257. The fourth-order valence-electron chi connectivity index (χ4n) is 3.98. The number of halogens is 1. The van der Waals surface area contributed by atoms with Crippen LogP contribution in [0.4, 0.5) is 21.5 Å². The molecule has 39 heavy (non-hydrogen) atoms. The number of methoxy groups -OCH3 is 1. The number of aliphatic imine (C=N–C) groups is 1. The fraction of sp³-hybridized carbons (Fsp3) is 0.192. The second-order valence-electron chi connectivity index (χ2n) is 8.48. The van der Waals surface area contributed by atoms with E-state index in [-0.39, 0.29) is 42.8 Å². The zero-order valence-electron chi connectivity index (χ0n) is 20.5. The zero-order chi connectivity index (χ0) is 27.5. The van der Waals surface area contributed by atoms with Gasteiger partial charge in [0.1, 0.15) is 22.5 Å². The summed E-state index contributed by atoms with van der Waals surface area (Å²) in [4.78, 5) is 43.1. The number of amides is 2. The lowest BCUT2D eigenvalue weighted by Crippen LogP contribution is -2.33. The molecule has 0 bridgehead atoms. The molecule has 1 fully saturated rings. The SMILES string of the molecule is COc1ccc(NC(=O)C[C@@H]2SC(=Nc3ccc(F)cc3)N(Cc3ccc4c(c3)OCO4)C2=O)c([N+](=O)[O-])c1. The molecule has 1 saturated heterocycles. The third kappa shape index (κ3) is 5.77. The van der Waals surface area contributed by atoms with Crippen LogP contribution in [0.2, 0.25) is 0 Å². The molecule has 1 atom stereocenters. The number of nitro benzene ring substituents is 1. The summed E-state index contributed by atoms with van der Waals surface area (Å²) in [5.74, 6) is 0.0534. The van der Waals surface area contributed by atoms with Crippen LogP contribution in [0.1, 0.15) is 12.0 Å². The Labute approximate surface area is 225 Å². The van der Waals surface area contributed by atoms with Gasteiger partial charge in [-0.1, -0.05) is 17.8 Å². The van der Waals surface area contributed by atoms with Crippen LogP contribution in [-0.4, -0.2) is 46.0 Å². The number of carbonyl (C=O) groups excluding carboxylic acids is 2. The quantitative estimate of drug-likeness (QED) is 0.316. The van der Waals surface area contributed by atoms with Gasteiger partial charge in [-0.15, -0.1) is 0 Å². The molecule has 0 saturated carbocycles. The highest BCUT2D eigenvalue weighted by atomic mass is 32.2. The Morgan fingerprint density at radius 1 is 1.18 bits per heavy atom. The molecule has 2 heterocycles. The van der Waals surface area contributed by atoms with Crippen molar-refractivity contribution >= 4 is 45.8 Å². The van der Waals surface area contributed by atoms with E-state index in [9.17, 15) is 24.1 Å². The lowest BCUT2D eigenvalue weighted by molar-refractivity contribution is -0.384. The van der Waals surface area contributed by atoms with Gasteiger partial charge in [0.05, 0.1) is 30.3 Å². The van der Waals surface area contributed by atoms with E-state index in [1.54, 1.807) is 18.2 Å². The molecule has 11 nitrogen and oxygen atoms in total. The summed E-state index contributed by atoms with van der Waals surface area (Å²) in [7, 11) is 1.38.